The van der Waals surface area contributed by atoms with Gasteiger partial charge in [-0.3, -0.25) is 14.3 Å². The first-order chi connectivity index (χ1) is 12.6. The van der Waals surface area contributed by atoms with Crippen LogP contribution in [0.3, 0.4) is 0 Å². The molecule has 1 aromatic rings. The predicted octanol–water partition coefficient (Wildman–Crippen LogP) is 0.229. The molecule has 1 atom stereocenters. The summed E-state index contributed by atoms with van der Waals surface area (Å²) in [6.45, 7) is 6.71. The highest BCUT2D eigenvalue weighted by molar-refractivity contribution is 5.98. The number of rotatable bonds is 6. The van der Waals surface area contributed by atoms with Crippen molar-refractivity contribution in [3.05, 3.63) is 17.5 Å². The second-order valence-electron chi connectivity index (χ2n) is 7.29. The van der Waals surface area contributed by atoms with Crippen LogP contribution in [-0.4, -0.2) is 70.4 Å². The van der Waals surface area contributed by atoms with Crippen molar-refractivity contribution in [2.24, 2.45) is 5.92 Å². The van der Waals surface area contributed by atoms with E-state index in [0.29, 0.717) is 18.2 Å². The molecule has 26 heavy (non-hydrogen) atoms. The van der Waals surface area contributed by atoms with Gasteiger partial charge in [0.25, 0.3) is 11.8 Å². The van der Waals surface area contributed by atoms with Gasteiger partial charge in [-0.1, -0.05) is 6.92 Å². The van der Waals surface area contributed by atoms with Crippen LogP contribution in [0.5, 0.6) is 0 Å². The van der Waals surface area contributed by atoms with Crippen LogP contribution in [0.2, 0.25) is 0 Å². The number of aliphatic hydroxyl groups is 1. The van der Waals surface area contributed by atoms with Crippen LogP contribution in [-0.2, 0) is 6.54 Å². The molecular formula is C18H29N5O3. The van der Waals surface area contributed by atoms with Crippen molar-refractivity contribution in [2.75, 3.05) is 32.7 Å². The summed E-state index contributed by atoms with van der Waals surface area (Å²) in [6.07, 6.45) is 3.84. The largest absolute Gasteiger partial charge is 0.389 e. The Balaban J connectivity index is 1.47. The van der Waals surface area contributed by atoms with E-state index in [1.165, 1.54) is 36.6 Å². The zero-order valence-corrected chi connectivity index (χ0v) is 15.4. The molecule has 8 heteroatoms. The van der Waals surface area contributed by atoms with Crippen molar-refractivity contribution in [3.8, 4) is 0 Å². The molecule has 1 unspecified atom stereocenters. The summed E-state index contributed by atoms with van der Waals surface area (Å²) in [5.41, 5.74) is 0.539. The molecule has 0 spiro atoms. The number of amides is 2. The lowest BCUT2D eigenvalue weighted by Gasteiger charge is -2.31. The minimum atomic E-state index is -0.699. The molecule has 0 aliphatic carbocycles. The summed E-state index contributed by atoms with van der Waals surface area (Å²) < 4.78 is 1.41. The number of piperidine rings is 1. The molecule has 1 aromatic heterocycles. The average molecular weight is 363 g/mol. The van der Waals surface area contributed by atoms with E-state index in [4.69, 9.17) is 0 Å². The van der Waals surface area contributed by atoms with E-state index in [9.17, 15) is 14.7 Å². The molecule has 3 N–H and O–H groups in total. The van der Waals surface area contributed by atoms with Gasteiger partial charge in [-0.25, -0.2) is 0 Å². The molecule has 0 radical (unpaired) electrons. The van der Waals surface area contributed by atoms with E-state index in [2.05, 4.69) is 27.6 Å². The Morgan fingerprint density at radius 3 is 2.92 bits per heavy atom. The molecule has 0 aromatic carbocycles. The highest BCUT2D eigenvalue weighted by Gasteiger charge is 2.24. The number of hydrogen-bond donors (Lipinski definition) is 3. The average Bonchev–Trinajstić information content (AvgIpc) is 3.00. The van der Waals surface area contributed by atoms with Gasteiger partial charge < -0.3 is 20.6 Å². The van der Waals surface area contributed by atoms with E-state index in [1.807, 2.05) is 0 Å². The Hall–Kier alpha value is -1.93. The molecule has 1 fully saturated rings. The van der Waals surface area contributed by atoms with Crippen molar-refractivity contribution >= 4 is 11.8 Å². The number of fused-ring (bicyclic) bond motifs is 1. The molecule has 2 aliphatic heterocycles. The monoisotopic (exact) mass is 363 g/mol. The number of likely N-dealkylation sites (tertiary alicyclic amines) is 1. The van der Waals surface area contributed by atoms with Crippen molar-refractivity contribution < 1.29 is 14.7 Å². The number of carbonyl (C=O) groups excluding carboxylic acids is 2. The third-order valence-electron chi connectivity index (χ3n) is 5.21. The Labute approximate surface area is 153 Å². The molecular weight excluding hydrogens is 334 g/mol. The van der Waals surface area contributed by atoms with Gasteiger partial charge in [0, 0.05) is 19.2 Å². The maximum absolute atomic E-state index is 12.3. The van der Waals surface area contributed by atoms with E-state index >= 15 is 0 Å². The summed E-state index contributed by atoms with van der Waals surface area (Å²) in [6, 6.07) is 1.49. The Morgan fingerprint density at radius 1 is 1.42 bits per heavy atom. The molecule has 8 nitrogen and oxygen atoms in total. The Bertz CT molecular complexity index is 637. The SMILES string of the molecule is CCCN1CCC(CCNC(=O)c2cc3n(n2)CC(O)CNC3=O)CC1. The first-order valence-corrected chi connectivity index (χ1v) is 9.61. The maximum Gasteiger partial charge on any atom is 0.271 e. The Morgan fingerprint density at radius 2 is 2.19 bits per heavy atom. The smallest absolute Gasteiger partial charge is 0.271 e. The van der Waals surface area contributed by atoms with Crippen molar-refractivity contribution in [3.63, 3.8) is 0 Å². The summed E-state index contributed by atoms with van der Waals surface area (Å²) in [5.74, 6) is 0.0752. The maximum atomic E-state index is 12.3. The number of aliphatic hydroxyl groups excluding tert-OH is 1. The number of β-amino-alcohol motifs (C(OH)–C–C–N with tert-alkyl or cyclic N) is 1. The van der Waals surface area contributed by atoms with Crippen LogP contribution in [0.15, 0.2) is 6.07 Å². The van der Waals surface area contributed by atoms with E-state index in [1.54, 1.807) is 0 Å². The van der Waals surface area contributed by atoms with Gasteiger partial charge >= 0.3 is 0 Å². The minimum absolute atomic E-state index is 0.195. The van der Waals surface area contributed by atoms with E-state index in [0.717, 1.165) is 19.5 Å². The van der Waals surface area contributed by atoms with E-state index < -0.39 is 6.10 Å². The normalized spacial score (nSPS) is 21.8. The summed E-state index contributed by atoms with van der Waals surface area (Å²) >= 11 is 0. The van der Waals surface area contributed by atoms with Crippen LogP contribution < -0.4 is 10.6 Å². The van der Waals surface area contributed by atoms with Gasteiger partial charge in [-0.15, -0.1) is 0 Å². The van der Waals surface area contributed by atoms with Crippen molar-refractivity contribution in [2.45, 2.75) is 45.3 Å². The second kappa shape index (κ2) is 8.64. The third kappa shape index (κ3) is 4.62. The van der Waals surface area contributed by atoms with Gasteiger partial charge in [0.2, 0.25) is 0 Å². The zero-order valence-electron chi connectivity index (χ0n) is 15.4. The van der Waals surface area contributed by atoms with Gasteiger partial charge in [-0.2, -0.15) is 5.10 Å². The van der Waals surface area contributed by atoms with E-state index in [-0.39, 0.29) is 30.6 Å². The molecule has 0 bridgehead atoms. The number of nitrogens with one attached hydrogen (secondary N) is 2. The van der Waals surface area contributed by atoms with Crippen LogP contribution in [0, 0.1) is 5.92 Å². The van der Waals surface area contributed by atoms with Crippen LogP contribution in [0.25, 0.3) is 0 Å². The van der Waals surface area contributed by atoms with Crippen LogP contribution in [0.4, 0.5) is 0 Å². The lowest BCUT2D eigenvalue weighted by atomic mass is 9.93. The molecule has 3 rings (SSSR count). The van der Waals surface area contributed by atoms with Gasteiger partial charge in [0.15, 0.2) is 5.69 Å². The van der Waals surface area contributed by atoms with Gasteiger partial charge in [0.1, 0.15) is 5.69 Å². The fourth-order valence-electron chi connectivity index (χ4n) is 3.71. The fraction of sp³-hybridized carbons (Fsp3) is 0.722. The van der Waals surface area contributed by atoms with Crippen molar-refractivity contribution in [1.82, 2.24) is 25.3 Å². The van der Waals surface area contributed by atoms with Crippen LogP contribution in [0.1, 0.15) is 53.6 Å². The molecule has 2 amide bonds. The molecule has 3 heterocycles. The van der Waals surface area contributed by atoms with Crippen LogP contribution >= 0.6 is 0 Å². The highest BCUT2D eigenvalue weighted by Crippen LogP contribution is 2.20. The van der Waals surface area contributed by atoms with Crippen molar-refractivity contribution in [1.29, 1.82) is 0 Å². The fourth-order valence-corrected chi connectivity index (χ4v) is 3.71. The Kier molecular flexibility index (Phi) is 6.26. The highest BCUT2D eigenvalue weighted by atomic mass is 16.3. The second-order valence-corrected chi connectivity index (χ2v) is 7.29. The molecule has 144 valence electrons. The van der Waals surface area contributed by atoms with Gasteiger partial charge in [-0.05, 0) is 51.2 Å². The molecule has 1 saturated heterocycles. The minimum Gasteiger partial charge on any atom is -0.389 e. The number of carbonyl (C=O) groups is 2. The summed E-state index contributed by atoms with van der Waals surface area (Å²) in [5, 5.41) is 19.5. The number of aromatic nitrogens is 2. The first-order valence-electron chi connectivity index (χ1n) is 9.61. The quantitative estimate of drug-likeness (QED) is 0.672. The molecule has 2 aliphatic rings. The standard InChI is InChI=1S/C18H29N5O3/c1-2-7-22-8-4-13(5-9-22)3-6-19-17(25)15-10-16-18(26)20-11-14(24)12-23(16)21-15/h10,13-14,24H,2-9,11-12H2,1H3,(H,19,25)(H,20,26). The predicted molar refractivity (Wildman–Crippen MR) is 97.0 cm³/mol. The molecule has 0 saturated carbocycles. The topological polar surface area (TPSA) is 99.5 Å². The number of hydrogen-bond acceptors (Lipinski definition) is 5. The lowest BCUT2D eigenvalue weighted by Crippen LogP contribution is -2.35. The zero-order chi connectivity index (χ0) is 18.5. The lowest BCUT2D eigenvalue weighted by molar-refractivity contribution is 0.0931. The summed E-state index contributed by atoms with van der Waals surface area (Å²) in [4.78, 5) is 26.8. The third-order valence-corrected chi connectivity index (χ3v) is 5.21. The number of nitrogens with zero attached hydrogens (tertiary/aromatic N) is 3. The van der Waals surface area contributed by atoms with Gasteiger partial charge in [0.05, 0.1) is 12.6 Å². The summed E-state index contributed by atoms with van der Waals surface area (Å²) in [7, 11) is 0. The first kappa shape index (κ1) is 18.8.